The van der Waals surface area contributed by atoms with Gasteiger partial charge in [0, 0.05) is 68.3 Å². The number of benzene rings is 3. The summed E-state index contributed by atoms with van der Waals surface area (Å²) >= 11 is 6.57. The van der Waals surface area contributed by atoms with E-state index in [9.17, 15) is 34.2 Å². The van der Waals surface area contributed by atoms with Crippen LogP contribution in [-0.2, 0) is 30.5 Å². The third-order valence-electron chi connectivity index (χ3n) is 9.96. The molecule has 6 rings (SSSR count). The molecule has 322 valence electrons. The van der Waals surface area contributed by atoms with Gasteiger partial charge in [-0.15, -0.1) is 0 Å². The molecule has 3 aromatic rings. The van der Waals surface area contributed by atoms with Gasteiger partial charge in [0.25, 0.3) is 5.91 Å². The molecule has 2 atom stereocenters. The molecule has 2 aliphatic heterocycles. The van der Waals surface area contributed by atoms with E-state index in [1.54, 1.807) is 24.3 Å². The van der Waals surface area contributed by atoms with Gasteiger partial charge in [-0.2, -0.15) is 0 Å². The Labute approximate surface area is 357 Å². The summed E-state index contributed by atoms with van der Waals surface area (Å²) < 4.78 is 11.3. The molecule has 17 heteroatoms. The number of carboxylic acid groups (broad SMARTS) is 2. The summed E-state index contributed by atoms with van der Waals surface area (Å²) in [6, 6.07) is 20.8. The maximum Gasteiger partial charge on any atom is 0.411 e. The second-order valence-electron chi connectivity index (χ2n) is 14.2. The van der Waals surface area contributed by atoms with Crippen LogP contribution in [0.4, 0.5) is 16.2 Å². The third kappa shape index (κ3) is 13.6. The summed E-state index contributed by atoms with van der Waals surface area (Å²) in [5.41, 5.74) is 4.58. The van der Waals surface area contributed by atoms with Crippen molar-refractivity contribution in [1.82, 2.24) is 10.2 Å². The van der Waals surface area contributed by atoms with E-state index in [1.165, 1.54) is 19.3 Å². The van der Waals surface area contributed by atoms with Crippen LogP contribution in [0.1, 0.15) is 37.7 Å². The van der Waals surface area contributed by atoms with Gasteiger partial charge in [0.2, 0.25) is 5.91 Å². The summed E-state index contributed by atoms with van der Waals surface area (Å²) in [6.07, 6.45) is 5.36. The number of amides is 3. The lowest BCUT2D eigenvalue weighted by Gasteiger charge is -2.31. The van der Waals surface area contributed by atoms with Crippen LogP contribution in [0.15, 0.2) is 107 Å². The Morgan fingerprint density at radius 3 is 2.30 bits per heavy atom. The van der Waals surface area contributed by atoms with Gasteiger partial charge in [0.05, 0.1) is 48.2 Å². The van der Waals surface area contributed by atoms with Gasteiger partial charge in [-0.25, -0.2) is 9.79 Å². The zero-order valence-electron chi connectivity index (χ0n) is 33.4. The highest BCUT2D eigenvalue weighted by atomic mass is 35.5. The molecular weight excluding hydrogens is 810 g/mol. The number of aliphatic carboxylic acids is 2. The number of aliphatic imine (C=N–C) groups is 1. The van der Waals surface area contributed by atoms with Crippen molar-refractivity contribution in [3.05, 3.63) is 113 Å². The number of ether oxygens (including phenoxy) is 2. The summed E-state index contributed by atoms with van der Waals surface area (Å²) in [5, 5.41) is 46.2. The average molecular weight is 858 g/mol. The van der Waals surface area contributed by atoms with E-state index in [0.29, 0.717) is 66.7 Å². The normalized spacial score (nSPS) is 16.7. The summed E-state index contributed by atoms with van der Waals surface area (Å²) in [5.74, 6) is -2.89. The highest BCUT2D eigenvalue weighted by Crippen LogP contribution is 2.32. The van der Waals surface area contributed by atoms with E-state index in [2.05, 4.69) is 25.8 Å². The number of carbonyl (C=O) groups excluding carboxylic acids is 3. The number of fused-ring (bicyclic) bond motifs is 1. The van der Waals surface area contributed by atoms with Crippen molar-refractivity contribution in [3.8, 4) is 16.9 Å². The van der Waals surface area contributed by atoms with Crippen LogP contribution >= 0.6 is 11.6 Å². The molecule has 3 aromatic carbocycles. The lowest BCUT2D eigenvalue weighted by molar-refractivity contribution is -0.143. The molecule has 61 heavy (non-hydrogen) atoms. The molecule has 0 bridgehead atoms. The first-order valence-electron chi connectivity index (χ1n) is 19.6. The molecule has 0 radical (unpaired) electrons. The van der Waals surface area contributed by atoms with Gasteiger partial charge in [-0.05, 0) is 42.2 Å². The number of likely N-dealkylation sites (tertiary alicyclic amines) is 1. The summed E-state index contributed by atoms with van der Waals surface area (Å²) in [7, 11) is 1.52. The number of aliphatic hydroxyl groups is 2. The zero-order chi connectivity index (χ0) is 43.9. The van der Waals surface area contributed by atoms with Gasteiger partial charge in [0.15, 0.2) is 0 Å². The monoisotopic (exact) mass is 857 g/mol. The number of carboxylic acids is 2. The minimum Gasteiger partial charge on any atom is -0.506 e. The van der Waals surface area contributed by atoms with Gasteiger partial charge >= 0.3 is 18.0 Å². The minimum atomic E-state index is -1.08. The van der Waals surface area contributed by atoms with Crippen molar-refractivity contribution < 1.29 is 53.9 Å². The van der Waals surface area contributed by atoms with Crippen LogP contribution in [0.25, 0.3) is 11.1 Å². The largest absolute Gasteiger partial charge is 0.506 e. The topological polar surface area (TPSA) is 236 Å². The molecule has 0 spiro atoms. The molecule has 3 aliphatic rings. The number of carbonyl (C=O) groups is 5. The molecule has 2 heterocycles. The van der Waals surface area contributed by atoms with Crippen molar-refractivity contribution in [2.45, 2.75) is 50.9 Å². The highest BCUT2D eigenvalue weighted by molar-refractivity contribution is 6.33. The molecule has 1 unspecified atom stereocenters. The van der Waals surface area contributed by atoms with E-state index in [1.807, 2.05) is 54.6 Å². The standard InChI is InChI=1S/C40H42ClN5O7.C4H6O4/c1-52-36-22-33(31(41)21-26(36)23-42-24-35(48)29-11-13-34(47)39-30(29)12-14-37(49)45-39)43-38(50)17-20-46-18-15-27(16-19-46)53-40(51)44-32-10-6-5-9-28(32)25-7-3-2-4-8-25;5-3(6)1-2-4(7)8/h2-14,21-22,27,30,35,42,47-48H,15-20,23-24H2,1H3,(H,43,50)(H,44,51);1-2H2,(H,5,6)(H,7,8)/t30?,35-;/m1./s1. The number of nitrogens with zero attached hydrogens (tertiary/aromatic N) is 2. The second-order valence-corrected chi connectivity index (χ2v) is 14.7. The lowest BCUT2D eigenvalue weighted by atomic mass is 9.84. The number of dihydropyridines is 1. The number of anilines is 2. The number of hydrogen-bond donors (Lipinski definition) is 7. The maximum atomic E-state index is 12.9. The van der Waals surface area contributed by atoms with Gasteiger partial charge < -0.3 is 45.4 Å². The molecule has 1 aliphatic carbocycles. The first-order chi connectivity index (χ1) is 29.3. The zero-order valence-corrected chi connectivity index (χ0v) is 34.1. The Morgan fingerprint density at radius 1 is 0.918 bits per heavy atom. The van der Waals surface area contributed by atoms with Crippen molar-refractivity contribution >= 4 is 58.5 Å². The minimum absolute atomic E-state index is 0.0986. The van der Waals surface area contributed by atoms with E-state index in [-0.39, 0.29) is 49.3 Å². The van der Waals surface area contributed by atoms with Crippen molar-refractivity contribution in [2.24, 2.45) is 10.9 Å². The lowest BCUT2D eigenvalue weighted by Crippen LogP contribution is -2.39. The fourth-order valence-corrected chi connectivity index (χ4v) is 7.07. The molecule has 3 amide bonds. The number of aliphatic hydroxyl groups excluding tert-OH is 2. The SMILES string of the molecule is COc1cc(NC(=O)CCN2CCC(OC(=O)Nc3ccccc3-c3ccccc3)CC2)c(Cl)cc1CNC[C@@H](O)C1=CC=C(O)C2=NC(=O)C=CC12.O=C(O)CCC(=O)O. The first-order valence-corrected chi connectivity index (χ1v) is 19.9. The molecule has 1 fully saturated rings. The molecule has 1 saturated heterocycles. The van der Waals surface area contributed by atoms with Crippen LogP contribution in [0.3, 0.4) is 0 Å². The van der Waals surface area contributed by atoms with E-state index in [0.717, 1.165) is 16.7 Å². The number of para-hydroxylation sites is 1. The van der Waals surface area contributed by atoms with Crippen molar-refractivity contribution in [2.75, 3.05) is 43.9 Å². The fourth-order valence-electron chi connectivity index (χ4n) is 6.83. The Morgan fingerprint density at radius 2 is 1.61 bits per heavy atom. The molecular formula is C44H48ClN5O11. The summed E-state index contributed by atoms with van der Waals surface area (Å²) in [4.78, 5) is 62.7. The third-order valence-corrected chi connectivity index (χ3v) is 10.3. The van der Waals surface area contributed by atoms with Gasteiger partial charge in [-0.1, -0.05) is 72.3 Å². The molecule has 0 saturated carbocycles. The van der Waals surface area contributed by atoms with Crippen LogP contribution in [0.5, 0.6) is 5.75 Å². The van der Waals surface area contributed by atoms with Crippen LogP contribution < -0.4 is 20.7 Å². The number of halogens is 1. The van der Waals surface area contributed by atoms with E-state index >= 15 is 0 Å². The van der Waals surface area contributed by atoms with E-state index < -0.39 is 36.0 Å². The van der Waals surface area contributed by atoms with Crippen LogP contribution in [-0.4, -0.2) is 106 Å². The highest BCUT2D eigenvalue weighted by Gasteiger charge is 2.31. The predicted octanol–water partition coefficient (Wildman–Crippen LogP) is 5.98. The fraction of sp³-hybridized carbons (Fsp3) is 0.318. The van der Waals surface area contributed by atoms with Crippen LogP contribution in [0, 0.1) is 5.92 Å². The number of rotatable bonds is 16. The quantitative estimate of drug-likeness (QED) is 0.0880. The average Bonchev–Trinajstić information content (AvgIpc) is 3.24. The molecule has 0 aromatic heterocycles. The van der Waals surface area contributed by atoms with Gasteiger partial charge in [0.1, 0.15) is 17.6 Å². The van der Waals surface area contributed by atoms with E-state index in [4.69, 9.17) is 31.3 Å². The molecule has 7 N–H and O–H groups in total. The number of allylic oxidation sites excluding steroid dienone is 4. The number of methoxy groups -OCH3 is 1. The van der Waals surface area contributed by atoms with Gasteiger partial charge in [-0.3, -0.25) is 24.5 Å². The number of piperidine rings is 1. The Hall–Kier alpha value is -6.33. The smallest absolute Gasteiger partial charge is 0.411 e. The van der Waals surface area contributed by atoms with Crippen molar-refractivity contribution in [3.63, 3.8) is 0 Å². The Kier molecular flexibility index (Phi) is 16.7. The Balaban J connectivity index is 0.000000800. The summed E-state index contributed by atoms with van der Waals surface area (Å²) in [6.45, 7) is 2.41. The first kappa shape index (κ1) is 45.7. The van der Waals surface area contributed by atoms with Crippen molar-refractivity contribution in [1.29, 1.82) is 0 Å². The maximum absolute atomic E-state index is 12.9. The molecule has 16 nitrogen and oxygen atoms in total. The number of nitrogens with one attached hydrogen (secondary N) is 3. The number of hydrogen-bond acceptors (Lipinski definition) is 11. The Bertz CT molecular complexity index is 2190. The van der Waals surface area contributed by atoms with Crippen LogP contribution in [0.2, 0.25) is 5.02 Å². The second kappa shape index (κ2) is 22.3. The predicted molar refractivity (Wildman–Crippen MR) is 229 cm³/mol.